The van der Waals surface area contributed by atoms with E-state index in [2.05, 4.69) is 41.2 Å². The number of thiophene rings is 1. The van der Waals surface area contributed by atoms with Crippen LogP contribution in [0.5, 0.6) is 0 Å². The Labute approximate surface area is 136 Å². The molecular formula is C15H16BrClFNS. The Morgan fingerprint density at radius 2 is 2.15 bits per heavy atom. The van der Waals surface area contributed by atoms with Crippen molar-refractivity contribution in [2.24, 2.45) is 0 Å². The van der Waals surface area contributed by atoms with E-state index in [9.17, 15) is 4.39 Å². The zero-order valence-electron chi connectivity index (χ0n) is 11.3. The van der Waals surface area contributed by atoms with Gasteiger partial charge in [0.05, 0.1) is 3.79 Å². The van der Waals surface area contributed by atoms with E-state index in [4.69, 9.17) is 11.6 Å². The molecule has 0 bridgehead atoms. The molecule has 0 aliphatic rings. The quantitative estimate of drug-likeness (QED) is 0.726. The summed E-state index contributed by atoms with van der Waals surface area (Å²) in [7, 11) is 0. The van der Waals surface area contributed by atoms with Gasteiger partial charge in [-0.15, -0.1) is 11.3 Å². The zero-order valence-corrected chi connectivity index (χ0v) is 14.5. The highest BCUT2D eigenvalue weighted by atomic mass is 79.9. The van der Waals surface area contributed by atoms with Gasteiger partial charge in [-0.1, -0.05) is 18.5 Å². The van der Waals surface area contributed by atoms with Crippen LogP contribution in [0, 0.1) is 12.7 Å². The van der Waals surface area contributed by atoms with Gasteiger partial charge < -0.3 is 5.32 Å². The maximum atomic E-state index is 13.9. The predicted octanol–water partition coefficient (Wildman–Crippen LogP) is 5.50. The molecule has 108 valence electrons. The van der Waals surface area contributed by atoms with E-state index in [1.807, 2.05) is 0 Å². The molecule has 0 radical (unpaired) electrons. The van der Waals surface area contributed by atoms with E-state index in [0.717, 1.165) is 10.3 Å². The van der Waals surface area contributed by atoms with E-state index in [-0.39, 0.29) is 11.9 Å². The summed E-state index contributed by atoms with van der Waals surface area (Å²) in [6.07, 6.45) is 0.590. The number of nitrogens with one attached hydrogen (secondary N) is 1. The summed E-state index contributed by atoms with van der Waals surface area (Å²) in [6, 6.07) is 6.95. The van der Waals surface area contributed by atoms with Gasteiger partial charge in [-0.2, -0.15) is 0 Å². The third-order valence-electron chi connectivity index (χ3n) is 3.10. The molecule has 2 aromatic rings. The van der Waals surface area contributed by atoms with Crippen molar-refractivity contribution in [2.45, 2.75) is 26.3 Å². The van der Waals surface area contributed by atoms with Gasteiger partial charge in [0.25, 0.3) is 0 Å². The van der Waals surface area contributed by atoms with Crippen molar-refractivity contribution in [2.75, 3.05) is 6.54 Å². The molecule has 0 saturated heterocycles. The van der Waals surface area contributed by atoms with Crippen LogP contribution >= 0.6 is 38.9 Å². The molecule has 0 aliphatic carbocycles. The van der Waals surface area contributed by atoms with Crippen LogP contribution in [-0.4, -0.2) is 6.54 Å². The molecule has 0 aliphatic heterocycles. The van der Waals surface area contributed by atoms with Gasteiger partial charge in [-0.3, -0.25) is 0 Å². The van der Waals surface area contributed by atoms with Crippen LogP contribution in [0.4, 0.5) is 4.39 Å². The van der Waals surface area contributed by atoms with Crippen molar-refractivity contribution in [1.29, 1.82) is 0 Å². The molecule has 1 aromatic carbocycles. The highest BCUT2D eigenvalue weighted by Crippen LogP contribution is 2.33. The Morgan fingerprint density at radius 1 is 1.40 bits per heavy atom. The molecule has 1 nitrogen and oxygen atoms in total. The van der Waals surface area contributed by atoms with Crippen molar-refractivity contribution in [3.63, 3.8) is 0 Å². The van der Waals surface area contributed by atoms with Crippen LogP contribution in [0.2, 0.25) is 5.02 Å². The smallest absolute Gasteiger partial charge is 0.126 e. The molecule has 1 unspecified atom stereocenters. The molecule has 1 aromatic heterocycles. The van der Waals surface area contributed by atoms with Gasteiger partial charge in [-0.05, 0) is 71.2 Å². The lowest BCUT2D eigenvalue weighted by Gasteiger charge is -2.17. The minimum absolute atomic E-state index is 0.1000. The molecule has 0 fully saturated rings. The van der Waals surface area contributed by atoms with Crippen molar-refractivity contribution >= 4 is 38.9 Å². The number of rotatable bonds is 5. The normalized spacial score (nSPS) is 12.7. The summed E-state index contributed by atoms with van der Waals surface area (Å²) in [5.74, 6) is -0.204. The first-order valence-corrected chi connectivity index (χ1v) is 8.43. The molecule has 1 heterocycles. The third-order valence-corrected chi connectivity index (χ3v) is 5.59. The average Bonchev–Trinajstić information content (AvgIpc) is 2.73. The van der Waals surface area contributed by atoms with Crippen LogP contribution in [0.15, 0.2) is 28.1 Å². The summed E-state index contributed by atoms with van der Waals surface area (Å²) in [6.45, 7) is 4.95. The SMILES string of the molecule is CCNC(Cc1cc(Cl)ccc1F)c1cc(C)c(Br)s1. The highest BCUT2D eigenvalue weighted by Gasteiger charge is 2.17. The van der Waals surface area contributed by atoms with E-state index in [1.165, 1.54) is 16.5 Å². The lowest BCUT2D eigenvalue weighted by atomic mass is 10.0. The largest absolute Gasteiger partial charge is 0.309 e. The maximum absolute atomic E-state index is 13.9. The molecule has 20 heavy (non-hydrogen) atoms. The van der Waals surface area contributed by atoms with Crippen LogP contribution < -0.4 is 5.32 Å². The summed E-state index contributed by atoms with van der Waals surface area (Å²) >= 11 is 11.2. The Balaban J connectivity index is 2.27. The van der Waals surface area contributed by atoms with Crippen LogP contribution in [0.25, 0.3) is 0 Å². The second-order valence-electron chi connectivity index (χ2n) is 4.66. The first-order valence-electron chi connectivity index (χ1n) is 6.44. The Morgan fingerprint density at radius 3 is 2.75 bits per heavy atom. The van der Waals surface area contributed by atoms with E-state index >= 15 is 0 Å². The standard InChI is InChI=1S/C15H16BrClFNS/c1-3-19-13(14-6-9(2)15(16)20-14)8-10-7-11(17)4-5-12(10)18/h4-7,13,19H,3,8H2,1-2H3. The number of hydrogen-bond acceptors (Lipinski definition) is 2. The lowest BCUT2D eigenvalue weighted by molar-refractivity contribution is 0.534. The molecule has 0 saturated carbocycles. The topological polar surface area (TPSA) is 12.0 Å². The predicted molar refractivity (Wildman–Crippen MR) is 88.3 cm³/mol. The fraction of sp³-hybridized carbons (Fsp3) is 0.333. The second kappa shape index (κ2) is 7.03. The van der Waals surface area contributed by atoms with Gasteiger partial charge in [-0.25, -0.2) is 4.39 Å². The van der Waals surface area contributed by atoms with Crippen LogP contribution in [-0.2, 0) is 6.42 Å². The fourth-order valence-electron chi connectivity index (χ4n) is 2.09. The average molecular weight is 377 g/mol. The first-order chi connectivity index (χ1) is 9.51. The second-order valence-corrected chi connectivity index (χ2v) is 7.49. The van der Waals surface area contributed by atoms with Gasteiger partial charge in [0, 0.05) is 15.9 Å². The number of hydrogen-bond donors (Lipinski definition) is 1. The van der Waals surface area contributed by atoms with Gasteiger partial charge in [0.15, 0.2) is 0 Å². The third kappa shape index (κ3) is 3.82. The van der Waals surface area contributed by atoms with Crippen molar-refractivity contribution in [3.05, 3.63) is 54.9 Å². The lowest BCUT2D eigenvalue weighted by Crippen LogP contribution is -2.22. The molecule has 0 spiro atoms. The molecular weight excluding hydrogens is 361 g/mol. The van der Waals surface area contributed by atoms with Crippen molar-refractivity contribution < 1.29 is 4.39 Å². The number of aryl methyl sites for hydroxylation is 1. The van der Waals surface area contributed by atoms with E-state index in [0.29, 0.717) is 17.0 Å². The Kier molecular flexibility index (Phi) is 5.61. The number of likely N-dealkylation sites (N-methyl/N-ethyl adjacent to an activating group) is 1. The number of benzene rings is 1. The summed E-state index contributed by atoms with van der Waals surface area (Å²) in [5.41, 5.74) is 1.85. The van der Waals surface area contributed by atoms with Crippen molar-refractivity contribution in [3.8, 4) is 0 Å². The number of halogens is 3. The Bertz CT molecular complexity index is 580. The molecule has 1 N–H and O–H groups in total. The summed E-state index contributed by atoms with van der Waals surface area (Å²) in [5, 5.41) is 3.98. The molecule has 5 heteroatoms. The molecule has 1 atom stereocenters. The molecule has 2 rings (SSSR count). The Hall–Kier alpha value is -0.420. The van der Waals surface area contributed by atoms with Gasteiger partial charge in [0.1, 0.15) is 5.82 Å². The minimum atomic E-state index is -0.204. The monoisotopic (exact) mass is 375 g/mol. The van der Waals surface area contributed by atoms with Crippen LogP contribution in [0.3, 0.4) is 0 Å². The highest BCUT2D eigenvalue weighted by molar-refractivity contribution is 9.11. The first kappa shape index (κ1) is 16.0. The van der Waals surface area contributed by atoms with Crippen molar-refractivity contribution in [1.82, 2.24) is 5.32 Å². The summed E-state index contributed by atoms with van der Waals surface area (Å²) < 4.78 is 15.0. The van der Waals surface area contributed by atoms with Crippen LogP contribution in [0.1, 0.15) is 29.0 Å². The summed E-state index contributed by atoms with van der Waals surface area (Å²) in [4.78, 5) is 1.20. The molecule has 0 amide bonds. The van der Waals surface area contributed by atoms with Gasteiger partial charge >= 0.3 is 0 Å². The maximum Gasteiger partial charge on any atom is 0.126 e. The van der Waals surface area contributed by atoms with E-state index < -0.39 is 0 Å². The van der Waals surface area contributed by atoms with Gasteiger partial charge in [0.2, 0.25) is 0 Å². The van der Waals surface area contributed by atoms with E-state index in [1.54, 1.807) is 23.5 Å². The zero-order chi connectivity index (χ0) is 14.7. The fourth-order valence-corrected chi connectivity index (χ4v) is 3.94. The minimum Gasteiger partial charge on any atom is -0.309 e.